The van der Waals surface area contributed by atoms with Gasteiger partial charge in [0.25, 0.3) is 0 Å². The Morgan fingerprint density at radius 3 is 2.40 bits per heavy atom. The number of sulfonamides is 1. The van der Waals surface area contributed by atoms with Crippen molar-refractivity contribution in [3.8, 4) is 0 Å². The third-order valence-electron chi connectivity index (χ3n) is 2.62. The van der Waals surface area contributed by atoms with Crippen LogP contribution in [0.25, 0.3) is 0 Å². The topological polar surface area (TPSA) is 73.8 Å². The minimum Gasteiger partial charge on any atom is -0.357 e. The summed E-state index contributed by atoms with van der Waals surface area (Å²) in [4.78, 5) is 6.48. The molecule has 0 aliphatic carbocycles. The third kappa shape index (κ3) is 10.7. The second kappa shape index (κ2) is 12.6. The van der Waals surface area contributed by atoms with Crippen LogP contribution in [0.15, 0.2) is 4.99 Å². The van der Waals surface area contributed by atoms with Gasteiger partial charge in [0.05, 0.1) is 12.3 Å². The van der Waals surface area contributed by atoms with Crippen LogP contribution in [0.5, 0.6) is 0 Å². The summed E-state index contributed by atoms with van der Waals surface area (Å²) in [5.74, 6) is 0.930. The smallest absolute Gasteiger partial charge is 0.211 e. The lowest BCUT2D eigenvalue weighted by atomic mass is 10.3. The Morgan fingerprint density at radius 2 is 1.90 bits per heavy atom. The highest BCUT2D eigenvalue weighted by Gasteiger charge is 2.06. The van der Waals surface area contributed by atoms with Gasteiger partial charge in [-0.3, -0.25) is 4.99 Å². The van der Waals surface area contributed by atoms with Gasteiger partial charge >= 0.3 is 0 Å². The Balaban J connectivity index is 0. The van der Waals surface area contributed by atoms with Gasteiger partial charge in [0.2, 0.25) is 10.0 Å². The van der Waals surface area contributed by atoms with Crippen molar-refractivity contribution in [1.82, 2.24) is 14.9 Å². The largest absolute Gasteiger partial charge is 0.357 e. The zero-order chi connectivity index (χ0) is 14.7. The first kappa shape index (κ1) is 22.2. The lowest BCUT2D eigenvalue weighted by molar-refractivity contribution is 0.465. The highest BCUT2D eigenvalue weighted by atomic mass is 127. The SMILES string of the molecule is CCCCN(C)C(=NCCNS(=O)(=O)CC)NCC.I. The van der Waals surface area contributed by atoms with E-state index >= 15 is 0 Å². The molecule has 0 spiro atoms. The van der Waals surface area contributed by atoms with E-state index in [-0.39, 0.29) is 29.7 Å². The van der Waals surface area contributed by atoms with E-state index in [0.29, 0.717) is 13.1 Å². The molecule has 0 saturated carbocycles. The predicted molar refractivity (Wildman–Crippen MR) is 96.4 cm³/mol. The third-order valence-corrected chi connectivity index (χ3v) is 4.02. The monoisotopic (exact) mass is 420 g/mol. The van der Waals surface area contributed by atoms with Crippen molar-refractivity contribution in [2.75, 3.05) is 39.0 Å². The molecule has 0 fully saturated rings. The minimum absolute atomic E-state index is 0. The van der Waals surface area contributed by atoms with Crippen molar-refractivity contribution in [2.45, 2.75) is 33.6 Å². The Labute approximate surface area is 140 Å². The molecule has 0 rings (SSSR count). The van der Waals surface area contributed by atoms with Crippen molar-refractivity contribution in [3.05, 3.63) is 0 Å². The van der Waals surface area contributed by atoms with Crippen LogP contribution in [0.3, 0.4) is 0 Å². The number of aliphatic imine (C=N–C) groups is 1. The Morgan fingerprint density at radius 1 is 1.25 bits per heavy atom. The first-order valence-corrected chi connectivity index (χ1v) is 8.58. The molecule has 0 aliphatic heterocycles. The molecular formula is C12H29IN4O2S. The summed E-state index contributed by atoms with van der Waals surface area (Å²) >= 11 is 0. The van der Waals surface area contributed by atoms with Crippen LogP contribution >= 0.6 is 24.0 Å². The molecule has 0 atom stereocenters. The Hall–Kier alpha value is -0.0900. The summed E-state index contributed by atoms with van der Waals surface area (Å²) < 4.78 is 25.0. The highest BCUT2D eigenvalue weighted by molar-refractivity contribution is 14.0. The molecule has 8 heteroatoms. The van der Waals surface area contributed by atoms with Gasteiger partial charge in [-0.05, 0) is 20.3 Å². The summed E-state index contributed by atoms with van der Waals surface area (Å²) in [6, 6.07) is 0. The van der Waals surface area contributed by atoms with Gasteiger partial charge in [-0.15, -0.1) is 24.0 Å². The fourth-order valence-electron chi connectivity index (χ4n) is 1.44. The second-order valence-corrected chi connectivity index (χ2v) is 6.40. The lowest BCUT2D eigenvalue weighted by Crippen LogP contribution is -2.40. The summed E-state index contributed by atoms with van der Waals surface area (Å²) in [5.41, 5.74) is 0. The van der Waals surface area contributed by atoms with E-state index in [0.717, 1.165) is 31.9 Å². The van der Waals surface area contributed by atoms with Crippen LogP contribution in [0.2, 0.25) is 0 Å². The van der Waals surface area contributed by atoms with Gasteiger partial charge in [0.1, 0.15) is 0 Å². The first-order valence-electron chi connectivity index (χ1n) is 6.93. The summed E-state index contributed by atoms with van der Waals surface area (Å²) in [6.45, 7) is 8.32. The summed E-state index contributed by atoms with van der Waals surface area (Å²) in [5, 5.41) is 3.20. The molecule has 0 radical (unpaired) electrons. The number of nitrogens with one attached hydrogen (secondary N) is 2. The first-order chi connectivity index (χ1) is 8.96. The molecule has 0 aromatic carbocycles. The molecule has 122 valence electrons. The maximum atomic E-state index is 11.3. The number of halogens is 1. The van der Waals surface area contributed by atoms with Crippen molar-refractivity contribution < 1.29 is 8.42 Å². The average Bonchev–Trinajstić information content (AvgIpc) is 2.39. The van der Waals surface area contributed by atoms with Gasteiger partial charge in [-0.1, -0.05) is 13.3 Å². The maximum absolute atomic E-state index is 11.3. The fourth-order valence-corrected chi connectivity index (χ4v) is 2.04. The van der Waals surface area contributed by atoms with Crippen LogP contribution in [0.1, 0.15) is 33.6 Å². The zero-order valence-electron chi connectivity index (χ0n) is 13.0. The van der Waals surface area contributed by atoms with Crippen molar-refractivity contribution in [3.63, 3.8) is 0 Å². The zero-order valence-corrected chi connectivity index (χ0v) is 16.1. The van der Waals surface area contributed by atoms with Crippen molar-refractivity contribution in [1.29, 1.82) is 0 Å². The molecule has 0 bridgehead atoms. The molecule has 0 aromatic rings. The van der Waals surface area contributed by atoms with Crippen molar-refractivity contribution in [2.24, 2.45) is 4.99 Å². The van der Waals surface area contributed by atoms with Crippen LogP contribution in [0, 0.1) is 0 Å². The molecule has 0 saturated heterocycles. The molecular weight excluding hydrogens is 391 g/mol. The summed E-state index contributed by atoms with van der Waals surface area (Å²) in [6.07, 6.45) is 2.25. The van der Waals surface area contributed by atoms with Gasteiger partial charge < -0.3 is 10.2 Å². The molecule has 0 aromatic heterocycles. The maximum Gasteiger partial charge on any atom is 0.211 e. The average molecular weight is 420 g/mol. The van der Waals surface area contributed by atoms with E-state index in [1.54, 1.807) is 6.92 Å². The van der Waals surface area contributed by atoms with Crippen LogP contribution in [-0.4, -0.2) is 58.3 Å². The van der Waals surface area contributed by atoms with Crippen LogP contribution in [0.4, 0.5) is 0 Å². The molecule has 0 unspecified atom stereocenters. The van der Waals surface area contributed by atoms with Crippen LogP contribution < -0.4 is 10.0 Å². The molecule has 0 heterocycles. The minimum atomic E-state index is -3.12. The lowest BCUT2D eigenvalue weighted by Gasteiger charge is -2.21. The van der Waals surface area contributed by atoms with Gasteiger partial charge in [0, 0.05) is 26.7 Å². The molecule has 0 aliphatic rings. The van der Waals surface area contributed by atoms with E-state index in [4.69, 9.17) is 0 Å². The van der Waals surface area contributed by atoms with E-state index in [2.05, 4.69) is 26.9 Å². The molecule has 6 nitrogen and oxygen atoms in total. The Bertz CT molecular complexity index is 360. The summed E-state index contributed by atoms with van der Waals surface area (Å²) in [7, 11) is -1.12. The predicted octanol–water partition coefficient (Wildman–Crippen LogP) is 1.24. The van der Waals surface area contributed by atoms with E-state index in [9.17, 15) is 8.42 Å². The van der Waals surface area contributed by atoms with E-state index < -0.39 is 10.0 Å². The number of hydrogen-bond acceptors (Lipinski definition) is 3. The quantitative estimate of drug-likeness (QED) is 0.255. The number of hydrogen-bond donors (Lipinski definition) is 2. The number of nitrogens with zero attached hydrogens (tertiary/aromatic N) is 2. The second-order valence-electron chi connectivity index (χ2n) is 4.31. The van der Waals surface area contributed by atoms with Gasteiger partial charge in [0.15, 0.2) is 5.96 Å². The Kier molecular flexibility index (Phi) is 14.0. The van der Waals surface area contributed by atoms with Gasteiger partial charge in [-0.2, -0.15) is 0 Å². The van der Waals surface area contributed by atoms with Gasteiger partial charge in [-0.25, -0.2) is 13.1 Å². The fraction of sp³-hybridized carbons (Fsp3) is 0.917. The molecule has 20 heavy (non-hydrogen) atoms. The van der Waals surface area contributed by atoms with Crippen LogP contribution in [-0.2, 0) is 10.0 Å². The van der Waals surface area contributed by atoms with Crippen molar-refractivity contribution >= 4 is 40.0 Å². The van der Waals surface area contributed by atoms with E-state index in [1.165, 1.54) is 0 Å². The standard InChI is InChI=1S/C12H28N4O2S.HI/c1-5-8-11-16(4)12(13-6-2)14-9-10-15-19(17,18)7-3;/h15H,5-11H2,1-4H3,(H,13,14);1H. The number of unbranched alkanes of at least 4 members (excludes halogenated alkanes) is 1. The number of rotatable bonds is 9. The molecule has 0 amide bonds. The molecule has 2 N–H and O–H groups in total. The normalized spacial score (nSPS) is 11.9. The van der Waals surface area contributed by atoms with E-state index in [1.807, 2.05) is 14.0 Å². The number of guanidine groups is 1. The highest BCUT2D eigenvalue weighted by Crippen LogP contribution is 1.93.